The Labute approximate surface area is 143 Å². The molecule has 1 aliphatic heterocycles. The lowest BCUT2D eigenvalue weighted by Crippen LogP contribution is -2.47. The number of carbonyl (C=O) groups is 2. The van der Waals surface area contributed by atoms with Crippen LogP contribution < -0.4 is 10.1 Å². The molecule has 1 aromatic rings. The van der Waals surface area contributed by atoms with Crippen molar-refractivity contribution >= 4 is 27.9 Å². The molecule has 1 saturated heterocycles. The predicted octanol–water partition coefficient (Wildman–Crippen LogP) is 3.02. The summed E-state index contributed by atoms with van der Waals surface area (Å²) in [6, 6.07) is 5.22. The van der Waals surface area contributed by atoms with Crippen molar-refractivity contribution in [2.75, 3.05) is 20.2 Å². The first-order chi connectivity index (χ1) is 10.9. The van der Waals surface area contributed by atoms with Gasteiger partial charge >= 0.3 is 12.0 Å². The minimum Gasteiger partial charge on any atom is -0.496 e. The summed E-state index contributed by atoms with van der Waals surface area (Å²) in [5.74, 6) is -0.581. The topological polar surface area (TPSA) is 78.9 Å². The number of methoxy groups -OCH3 is 1. The summed E-state index contributed by atoms with van der Waals surface area (Å²) in [5, 5.41) is 12.0. The molecule has 2 rings (SSSR count). The fourth-order valence-electron chi connectivity index (χ4n) is 2.67. The number of hydrogen-bond donors (Lipinski definition) is 2. The molecule has 1 aliphatic rings. The first-order valence-electron chi connectivity index (χ1n) is 7.54. The quantitative estimate of drug-likeness (QED) is 0.835. The molecule has 7 heteroatoms. The fourth-order valence-corrected chi connectivity index (χ4v) is 3.23. The average Bonchev–Trinajstić information content (AvgIpc) is 2.54. The van der Waals surface area contributed by atoms with Crippen molar-refractivity contribution in [1.29, 1.82) is 0 Å². The van der Waals surface area contributed by atoms with Crippen LogP contribution in [0.3, 0.4) is 0 Å². The predicted molar refractivity (Wildman–Crippen MR) is 89.6 cm³/mol. The van der Waals surface area contributed by atoms with Crippen molar-refractivity contribution in [3.63, 3.8) is 0 Å². The van der Waals surface area contributed by atoms with Crippen LogP contribution in [0.2, 0.25) is 0 Å². The average molecular weight is 385 g/mol. The number of nitrogens with one attached hydrogen (secondary N) is 1. The van der Waals surface area contributed by atoms with Crippen molar-refractivity contribution in [3.8, 4) is 5.75 Å². The SMILES string of the molecule is COc1ccc(C(C)NC(=O)N2CCCC(C(=O)O)C2)cc1Br. The largest absolute Gasteiger partial charge is 0.496 e. The first-order valence-corrected chi connectivity index (χ1v) is 8.33. The van der Waals surface area contributed by atoms with Crippen LogP contribution in [0.25, 0.3) is 0 Å². The molecule has 1 fully saturated rings. The number of likely N-dealkylation sites (tertiary alicyclic amines) is 1. The molecule has 0 saturated carbocycles. The van der Waals surface area contributed by atoms with E-state index in [4.69, 9.17) is 9.84 Å². The number of carbonyl (C=O) groups excluding carboxylic acids is 1. The van der Waals surface area contributed by atoms with E-state index in [1.807, 2.05) is 25.1 Å². The minimum absolute atomic E-state index is 0.185. The number of carboxylic acids is 1. The van der Waals surface area contributed by atoms with E-state index in [-0.39, 0.29) is 18.6 Å². The van der Waals surface area contributed by atoms with Crippen molar-refractivity contribution in [3.05, 3.63) is 28.2 Å². The van der Waals surface area contributed by atoms with Gasteiger partial charge < -0.3 is 20.1 Å². The van der Waals surface area contributed by atoms with Crippen molar-refractivity contribution in [2.24, 2.45) is 5.92 Å². The summed E-state index contributed by atoms with van der Waals surface area (Å²) >= 11 is 3.43. The zero-order valence-electron chi connectivity index (χ0n) is 13.2. The van der Waals surface area contributed by atoms with Gasteiger partial charge in [-0.3, -0.25) is 4.79 Å². The molecule has 2 N–H and O–H groups in total. The number of benzene rings is 1. The Bertz CT molecular complexity index is 593. The zero-order valence-corrected chi connectivity index (χ0v) is 14.8. The first kappa shape index (κ1) is 17.6. The van der Waals surface area contributed by atoms with Gasteiger partial charge in [-0.05, 0) is 53.4 Å². The molecular weight excluding hydrogens is 364 g/mol. The second kappa shape index (κ2) is 7.68. The van der Waals surface area contributed by atoms with Gasteiger partial charge in [-0.1, -0.05) is 6.07 Å². The Morgan fingerprint density at radius 2 is 2.22 bits per heavy atom. The lowest BCUT2D eigenvalue weighted by atomic mass is 9.98. The van der Waals surface area contributed by atoms with E-state index in [0.717, 1.165) is 15.8 Å². The van der Waals surface area contributed by atoms with Crippen LogP contribution in [0.1, 0.15) is 31.4 Å². The van der Waals surface area contributed by atoms with Crippen LogP contribution in [0.4, 0.5) is 4.79 Å². The normalized spacial score (nSPS) is 19.1. The van der Waals surface area contributed by atoms with Gasteiger partial charge in [0, 0.05) is 13.1 Å². The molecule has 0 radical (unpaired) electrons. The highest BCUT2D eigenvalue weighted by atomic mass is 79.9. The Kier molecular flexibility index (Phi) is 5.87. The van der Waals surface area contributed by atoms with Crippen LogP contribution in [0.15, 0.2) is 22.7 Å². The van der Waals surface area contributed by atoms with E-state index in [0.29, 0.717) is 19.4 Å². The van der Waals surface area contributed by atoms with Crippen LogP contribution >= 0.6 is 15.9 Å². The summed E-state index contributed by atoms with van der Waals surface area (Å²) in [6.07, 6.45) is 1.34. The zero-order chi connectivity index (χ0) is 17.0. The second-order valence-corrected chi connectivity index (χ2v) is 6.54. The van der Waals surface area contributed by atoms with Gasteiger partial charge in [-0.2, -0.15) is 0 Å². The summed E-state index contributed by atoms with van der Waals surface area (Å²) in [4.78, 5) is 25.0. The third-order valence-corrected chi connectivity index (χ3v) is 4.69. The highest BCUT2D eigenvalue weighted by Gasteiger charge is 2.28. The van der Waals surface area contributed by atoms with Crippen molar-refractivity contribution in [1.82, 2.24) is 10.2 Å². The Balaban J connectivity index is 1.99. The standard InChI is InChI=1S/C16H21BrN2O4/c1-10(11-5-6-14(23-2)13(17)8-11)18-16(22)19-7-3-4-12(9-19)15(20)21/h5-6,8,10,12H,3-4,7,9H2,1-2H3,(H,18,22)(H,20,21). The number of nitrogens with zero attached hydrogens (tertiary/aromatic N) is 1. The Morgan fingerprint density at radius 3 is 2.83 bits per heavy atom. The molecule has 1 heterocycles. The van der Waals surface area contributed by atoms with E-state index in [1.54, 1.807) is 12.0 Å². The number of carboxylic acid groups (broad SMARTS) is 1. The Hall–Kier alpha value is -1.76. The maximum atomic E-state index is 12.3. The molecule has 2 amide bonds. The third-order valence-electron chi connectivity index (χ3n) is 4.07. The minimum atomic E-state index is -0.838. The van der Waals surface area contributed by atoms with Gasteiger partial charge in [-0.15, -0.1) is 0 Å². The van der Waals surface area contributed by atoms with E-state index in [1.165, 1.54) is 0 Å². The number of hydrogen-bond acceptors (Lipinski definition) is 3. The molecule has 2 unspecified atom stereocenters. The van der Waals surface area contributed by atoms with Gasteiger partial charge in [0.2, 0.25) is 0 Å². The molecule has 126 valence electrons. The van der Waals surface area contributed by atoms with Crippen LogP contribution in [-0.2, 0) is 4.79 Å². The molecule has 0 aromatic heterocycles. The lowest BCUT2D eigenvalue weighted by molar-refractivity contribution is -0.143. The highest BCUT2D eigenvalue weighted by Crippen LogP contribution is 2.28. The monoisotopic (exact) mass is 384 g/mol. The fraction of sp³-hybridized carbons (Fsp3) is 0.500. The maximum Gasteiger partial charge on any atom is 0.317 e. The molecular formula is C16H21BrN2O4. The van der Waals surface area contributed by atoms with E-state index >= 15 is 0 Å². The number of ether oxygens (including phenoxy) is 1. The Morgan fingerprint density at radius 1 is 1.48 bits per heavy atom. The smallest absolute Gasteiger partial charge is 0.317 e. The molecule has 23 heavy (non-hydrogen) atoms. The van der Waals surface area contributed by atoms with E-state index in [2.05, 4.69) is 21.2 Å². The van der Waals surface area contributed by atoms with Crippen molar-refractivity contribution in [2.45, 2.75) is 25.8 Å². The van der Waals surface area contributed by atoms with Gasteiger partial charge in [0.15, 0.2) is 0 Å². The van der Waals surface area contributed by atoms with Crippen molar-refractivity contribution < 1.29 is 19.4 Å². The summed E-state index contributed by atoms with van der Waals surface area (Å²) in [5.41, 5.74) is 0.942. The summed E-state index contributed by atoms with van der Waals surface area (Å²) in [6.45, 7) is 2.75. The molecule has 0 spiro atoms. The molecule has 6 nitrogen and oxygen atoms in total. The number of aliphatic carboxylic acids is 1. The summed E-state index contributed by atoms with van der Waals surface area (Å²) in [7, 11) is 1.60. The van der Waals surface area contributed by atoms with Crippen LogP contribution in [0, 0.1) is 5.92 Å². The van der Waals surface area contributed by atoms with Gasteiger partial charge in [0.1, 0.15) is 5.75 Å². The maximum absolute atomic E-state index is 12.3. The number of piperidine rings is 1. The number of rotatable bonds is 4. The van der Waals surface area contributed by atoms with Gasteiger partial charge in [-0.25, -0.2) is 4.79 Å². The van der Waals surface area contributed by atoms with Gasteiger partial charge in [0.05, 0.1) is 23.5 Å². The highest BCUT2D eigenvalue weighted by molar-refractivity contribution is 9.10. The number of amides is 2. The summed E-state index contributed by atoms with van der Waals surface area (Å²) < 4.78 is 6.01. The second-order valence-electron chi connectivity index (χ2n) is 5.69. The molecule has 2 atom stereocenters. The number of urea groups is 1. The number of halogens is 1. The molecule has 1 aromatic carbocycles. The van der Waals surface area contributed by atoms with Crippen LogP contribution in [0.5, 0.6) is 5.75 Å². The third kappa shape index (κ3) is 4.37. The molecule has 0 aliphatic carbocycles. The lowest BCUT2D eigenvalue weighted by Gasteiger charge is -2.31. The van der Waals surface area contributed by atoms with E-state index < -0.39 is 11.9 Å². The van der Waals surface area contributed by atoms with E-state index in [9.17, 15) is 9.59 Å². The van der Waals surface area contributed by atoms with Crippen LogP contribution in [-0.4, -0.2) is 42.2 Å². The van der Waals surface area contributed by atoms with Gasteiger partial charge in [0.25, 0.3) is 0 Å². The molecule has 0 bridgehead atoms.